The molecule has 0 aliphatic rings. The van der Waals surface area contributed by atoms with Crippen LogP contribution in [0, 0.1) is 6.92 Å². The van der Waals surface area contributed by atoms with Crippen molar-refractivity contribution < 1.29 is 0 Å². The first-order valence-corrected chi connectivity index (χ1v) is 5.62. The average Bonchev–Trinajstić information content (AvgIpc) is 2.39. The molecule has 0 amide bonds. The van der Waals surface area contributed by atoms with Crippen LogP contribution in [0.5, 0.6) is 0 Å². The van der Waals surface area contributed by atoms with Crippen molar-refractivity contribution in [3.8, 4) is 11.4 Å². The van der Waals surface area contributed by atoms with Gasteiger partial charge in [0.2, 0.25) is 0 Å². The van der Waals surface area contributed by atoms with E-state index in [1.54, 1.807) is 0 Å². The lowest BCUT2D eigenvalue weighted by Gasteiger charge is -2.02. The van der Waals surface area contributed by atoms with Gasteiger partial charge in [-0.2, -0.15) is 0 Å². The molecule has 0 fully saturated rings. The van der Waals surface area contributed by atoms with Crippen molar-refractivity contribution in [2.45, 2.75) is 6.92 Å². The van der Waals surface area contributed by atoms with Gasteiger partial charge in [-0.05, 0) is 30.7 Å². The fraction of sp³-hybridized carbons (Fsp3) is 0.0667. The molecule has 0 spiro atoms. The fourth-order valence-electron chi connectivity index (χ4n) is 1.83. The molecule has 0 atom stereocenters. The van der Waals surface area contributed by atoms with Crippen LogP contribution in [0.2, 0.25) is 0 Å². The summed E-state index contributed by atoms with van der Waals surface area (Å²) in [7, 11) is 0. The maximum Gasteiger partial charge on any atom is 0.0893 e. The second-order valence-corrected chi connectivity index (χ2v) is 4.11. The average molecular weight is 220 g/mol. The highest BCUT2D eigenvalue weighted by molar-refractivity contribution is 5.80. The van der Waals surface area contributed by atoms with Crippen molar-refractivity contribution in [2.24, 2.45) is 0 Å². The zero-order valence-corrected chi connectivity index (χ0v) is 9.59. The van der Waals surface area contributed by atoms with Gasteiger partial charge in [0.25, 0.3) is 0 Å². The van der Waals surface area contributed by atoms with E-state index in [9.17, 15) is 0 Å². The second-order valence-electron chi connectivity index (χ2n) is 4.11. The largest absolute Gasteiger partial charge is 0.254 e. The van der Waals surface area contributed by atoms with Crippen LogP contribution >= 0.6 is 0 Å². The molecule has 0 unspecified atom stereocenters. The summed E-state index contributed by atoms with van der Waals surface area (Å²) in [5.41, 5.74) is 4.01. The number of aromatic nitrogens is 2. The predicted molar refractivity (Wildman–Crippen MR) is 69.7 cm³/mol. The Morgan fingerprint density at radius 3 is 2.47 bits per heavy atom. The molecule has 0 N–H and O–H groups in total. The normalized spacial score (nSPS) is 10.6. The number of nitrogens with zero attached hydrogens (tertiary/aromatic N) is 2. The Hall–Kier alpha value is -2.22. The van der Waals surface area contributed by atoms with E-state index in [-0.39, 0.29) is 0 Å². The van der Waals surface area contributed by atoms with Gasteiger partial charge in [-0.1, -0.05) is 30.3 Å². The van der Waals surface area contributed by atoms with Gasteiger partial charge in [0.1, 0.15) is 0 Å². The topological polar surface area (TPSA) is 25.8 Å². The maximum absolute atomic E-state index is 4.61. The highest BCUT2D eigenvalue weighted by atomic mass is 14.8. The zero-order valence-electron chi connectivity index (χ0n) is 9.59. The number of aryl methyl sites for hydroxylation is 1. The van der Waals surface area contributed by atoms with Crippen molar-refractivity contribution in [1.29, 1.82) is 0 Å². The Balaban J connectivity index is 2.14. The maximum atomic E-state index is 4.61. The van der Waals surface area contributed by atoms with Crippen LogP contribution in [0.25, 0.3) is 22.3 Å². The first-order valence-electron chi connectivity index (χ1n) is 5.62. The standard InChI is InChI=1S/C15H12N2/c1-11-6-8-14(16-10-11)15-9-7-12-4-2-3-5-13(12)17-15/h2-10H,1H3. The van der Waals surface area contributed by atoms with E-state index >= 15 is 0 Å². The molecule has 17 heavy (non-hydrogen) atoms. The summed E-state index contributed by atoms with van der Waals surface area (Å²) in [6.07, 6.45) is 1.87. The molecule has 2 heterocycles. The van der Waals surface area contributed by atoms with Crippen LogP contribution in [0.15, 0.2) is 54.7 Å². The summed E-state index contributed by atoms with van der Waals surface area (Å²) in [6.45, 7) is 2.03. The summed E-state index contributed by atoms with van der Waals surface area (Å²) in [5, 5.41) is 1.16. The lowest BCUT2D eigenvalue weighted by Crippen LogP contribution is -1.88. The molecule has 0 bridgehead atoms. The minimum Gasteiger partial charge on any atom is -0.254 e. The number of benzene rings is 1. The van der Waals surface area contributed by atoms with Crippen molar-refractivity contribution in [3.05, 3.63) is 60.3 Å². The first kappa shape index (κ1) is 9.97. The Morgan fingerprint density at radius 1 is 0.824 bits per heavy atom. The molecule has 0 saturated heterocycles. The Morgan fingerprint density at radius 2 is 1.65 bits per heavy atom. The van der Waals surface area contributed by atoms with E-state index < -0.39 is 0 Å². The number of fused-ring (bicyclic) bond motifs is 1. The Labute approximate surface area is 100.0 Å². The number of hydrogen-bond acceptors (Lipinski definition) is 2. The molecule has 0 aliphatic heterocycles. The third-order valence-electron chi connectivity index (χ3n) is 2.77. The molecule has 3 rings (SSSR count). The second kappa shape index (κ2) is 3.98. The van der Waals surface area contributed by atoms with Gasteiger partial charge in [0.05, 0.1) is 16.9 Å². The predicted octanol–water partition coefficient (Wildman–Crippen LogP) is 3.61. The summed E-state index contributed by atoms with van der Waals surface area (Å²) in [6, 6.07) is 16.3. The number of pyridine rings is 2. The van der Waals surface area contributed by atoms with Crippen LogP contribution in [0.1, 0.15) is 5.56 Å². The molecule has 3 aromatic rings. The highest BCUT2D eigenvalue weighted by Crippen LogP contribution is 2.19. The first-order chi connectivity index (χ1) is 8.33. The highest BCUT2D eigenvalue weighted by Gasteiger charge is 2.01. The molecule has 0 aliphatic carbocycles. The van der Waals surface area contributed by atoms with Gasteiger partial charge in [-0.3, -0.25) is 4.98 Å². The monoisotopic (exact) mass is 220 g/mol. The van der Waals surface area contributed by atoms with Gasteiger partial charge in [-0.25, -0.2) is 4.98 Å². The van der Waals surface area contributed by atoms with E-state index in [4.69, 9.17) is 0 Å². The molecular weight excluding hydrogens is 208 g/mol. The van der Waals surface area contributed by atoms with E-state index in [0.29, 0.717) is 0 Å². The third-order valence-corrected chi connectivity index (χ3v) is 2.77. The van der Waals surface area contributed by atoms with Gasteiger partial charge in [-0.15, -0.1) is 0 Å². The molecule has 82 valence electrons. The summed E-state index contributed by atoms with van der Waals surface area (Å²) >= 11 is 0. The molecule has 2 aromatic heterocycles. The van der Waals surface area contributed by atoms with Gasteiger partial charge in [0.15, 0.2) is 0 Å². The Kier molecular flexibility index (Phi) is 2.33. The number of para-hydroxylation sites is 1. The van der Waals surface area contributed by atoms with Crippen LogP contribution in [-0.4, -0.2) is 9.97 Å². The van der Waals surface area contributed by atoms with Crippen LogP contribution < -0.4 is 0 Å². The van der Waals surface area contributed by atoms with Crippen LogP contribution in [0.4, 0.5) is 0 Å². The Bertz CT molecular complexity index is 657. The molecule has 0 radical (unpaired) electrons. The van der Waals surface area contributed by atoms with Gasteiger partial charge >= 0.3 is 0 Å². The van der Waals surface area contributed by atoms with Crippen LogP contribution in [-0.2, 0) is 0 Å². The van der Waals surface area contributed by atoms with Crippen LogP contribution in [0.3, 0.4) is 0 Å². The van der Waals surface area contributed by atoms with E-state index in [0.717, 1.165) is 27.9 Å². The van der Waals surface area contributed by atoms with Crippen molar-refractivity contribution in [1.82, 2.24) is 9.97 Å². The van der Waals surface area contributed by atoms with Gasteiger partial charge < -0.3 is 0 Å². The quantitative estimate of drug-likeness (QED) is 0.626. The summed E-state index contributed by atoms with van der Waals surface area (Å²) < 4.78 is 0. The molecular formula is C15H12N2. The molecule has 0 saturated carbocycles. The fourth-order valence-corrected chi connectivity index (χ4v) is 1.83. The smallest absolute Gasteiger partial charge is 0.0893 e. The molecule has 2 nitrogen and oxygen atoms in total. The van der Waals surface area contributed by atoms with Crippen molar-refractivity contribution in [2.75, 3.05) is 0 Å². The summed E-state index contributed by atoms with van der Waals surface area (Å²) in [5.74, 6) is 0. The lowest BCUT2D eigenvalue weighted by atomic mass is 10.1. The summed E-state index contributed by atoms with van der Waals surface area (Å²) in [4.78, 5) is 9.01. The van der Waals surface area contributed by atoms with Crippen molar-refractivity contribution in [3.63, 3.8) is 0 Å². The minimum absolute atomic E-state index is 0.918. The molecule has 1 aromatic carbocycles. The zero-order chi connectivity index (χ0) is 11.7. The SMILES string of the molecule is Cc1ccc(-c2ccc3ccccc3n2)nc1. The minimum atomic E-state index is 0.918. The molecule has 2 heteroatoms. The van der Waals surface area contributed by atoms with Gasteiger partial charge in [0, 0.05) is 11.6 Å². The number of hydrogen-bond donors (Lipinski definition) is 0. The van der Waals surface area contributed by atoms with E-state index in [1.165, 1.54) is 0 Å². The number of rotatable bonds is 1. The van der Waals surface area contributed by atoms with E-state index in [2.05, 4.69) is 28.2 Å². The van der Waals surface area contributed by atoms with E-state index in [1.807, 2.05) is 43.5 Å². The third kappa shape index (κ3) is 1.89. The van der Waals surface area contributed by atoms with Crippen molar-refractivity contribution >= 4 is 10.9 Å². The lowest BCUT2D eigenvalue weighted by molar-refractivity contribution is 1.24.